The Bertz CT molecular complexity index is 675. The predicted molar refractivity (Wildman–Crippen MR) is 81.3 cm³/mol. The number of amides is 2. The molecule has 1 aromatic rings. The molecule has 0 radical (unpaired) electrons. The van der Waals surface area contributed by atoms with Crippen molar-refractivity contribution < 1.29 is 14.3 Å². The molecule has 0 bridgehead atoms. The quantitative estimate of drug-likeness (QED) is 0.781. The van der Waals surface area contributed by atoms with Crippen LogP contribution in [0.2, 0.25) is 0 Å². The van der Waals surface area contributed by atoms with Gasteiger partial charge >= 0.3 is 6.03 Å². The molecule has 2 aliphatic rings. The first-order chi connectivity index (χ1) is 10.7. The molecule has 1 fully saturated rings. The average Bonchev–Trinajstić information content (AvgIpc) is 2.55. The highest BCUT2D eigenvalue weighted by atomic mass is 16.5. The normalized spacial score (nSPS) is 19.6. The van der Waals surface area contributed by atoms with Crippen molar-refractivity contribution in [2.24, 2.45) is 10.8 Å². The Hall–Kier alpha value is -2.67. The molecule has 1 aliphatic heterocycles. The van der Waals surface area contributed by atoms with E-state index in [4.69, 9.17) is 10.5 Å². The second-order valence-corrected chi connectivity index (χ2v) is 4.98. The first kappa shape index (κ1) is 14.3. The van der Waals surface area contributed by atoms with Gasteiger partial charge in [-0.15, -0.1) is 0 Å². The first-order valence-electron chi connectivity index (χ1n) is 6.98. The fourth-order valence-electron chi connectivity index (χ4n) is 2.58. The van der Waals surface area contributed by atoms with Crippen molar-refractivity contribution in [3.63, 3.8) is 0 Å². The zero-order chi connectivity index (χ0) is 15.5. The lowest BCUT2D eigenvalue weighted by atomic mass is 9.91. The van der Waals surface area contributed by atoms with Crippen LogP contribution in [0.15, 0.2) is 35.4 Å². The molecule has 3 N–H and O–H groups in total. The number of hydrogen-bond donors (Lipinski definition) is 2. The number of Topliss-reactive ketones (excluding diaryl/α,β-unsaturated/α-hetero) is 1. The van der Waals surface area contributed by atoms with Gasteiger partial charge in [-0.2, -0.15) is 5.10 Å². The molecular formula is C15H16N4O3. The van der Waals surface area contributed by atoms with Crippen molar-refractivity contribution in [2.75, 3.05) is 26.3 Å². The van der Waals surface area contributed by atoms with Gasteiger partial charge in [-0.25, -0.2) is 10.2 Å². The van der Waals surface area contributed by atoms with Crippen LogP contribution in [0.1, 0.15) is 15.9 Å². The molecule has 0 saturated carbocycles. The average molecular weight is 300 g/mol. The molecule has 7 nitrogen and oxygen atoms in total. The largest absolute Gasteiger partial charge is 0.378 e. The van der Waals surface area contributed by atoms with Crippen molar-refractivity contribution in [1.29, 1.82) is 0 Å². The van der Waals surface area contributed by atoms with Crippen LogP contribution >= 0.6 is 0 Å². The summed E-state index contributed by atoms with van der Waals surface area (Å²) in [5, 5.41) is 3.82. The van der Waals surface area contributed by atoms with Crippen LogP contribution in [0.4, 0.5) is 4.79 Å². The fourth-order valence-corrected chi connectivity index (χ4v) is 2.58. The van der Waals surface area contributed by atoms with Crippen LogP contribution in [0.25, 0.3) is 5.70 Å². The second-order valence-electron chi connectivity index (χ2n) is 4.98. The molecule has 114 valence electrons. The smallest absolute Gasteiger partial charge is 0.332 e. The van der Waals surface area contributed by atoms with E-state index >= 15 is 0 Å². The Morgan fingerprint density at radius 1 is 1.23 bits per heavy atom. The fraction of sp³-hybridized carbons (Fsp3) is 0.267. The summed E-state index contributed by atoms with van der Waals surface area (Å²) in [5.74, 6) is -0.235. The SMILES string of the molecule is NC(=O)NN=C1C=C(N2CCOCC2)c2ccccc2C1=O. The highest BCUT2D eigenvalue weighted by Gasteiger charge is 2.27. The van der Waals surface area contributed by atoms with Crippen molar-refractivity contribution >= 4 is 23.2 Å². The molecule has 0 atom stereocenters. The summed E-state index contributed by atoms with van der Waals surface area (Å²) in [6.45, 7) is 2.76. The number of nitrogens with one attached hydrogen (secondary N) is 1. The molecule has 1 saturated heterocycles. The highest BCUT2D eigenvalue weighted by Crippen LogP contribution is 2.28. The van der Waals surface area contributed by atoms with E-state index in [0.717, 1.165) is 24.4 Å². The van der Waals surface area contributed by atoms with Gasteiger partial charge in [0.1, 0.15) is 5.71 Å². The van der Waals surface area contributed by atoms with Gasteiger partial charge in [0.15, 0.2) is 0 Å². The van der Waals surface area contributed by atoms with Crippen molar-refractivity contribution in [2.45, 2.75) is 0 Å². The highest BCUT2D eigenvalue weighted by molar-refractivity contribution is 6.52. The summed E-state index contributed by atoms with van der Waals surface area (Å²) >= 11 is 0. The number of nitrogens with zero attached hydrogens (tertiary/aromatic N) is 2. The summed E-state index contributed by atoms with van der Waals surface area (Å²) in [5.41, 5.74) is 9.64. The minimum absolute atomic E-state index is 0.166. The lowest BCUT2D eigenvalue weighted by molar-refractivity contribution is 0.0639. The molecule has 22 heavy (non-hydrogen) atoms. The Kier molecular flexibility index (Phi) is 3.88. The van der Waals surface area contributed by atoms with Crippen LogP contribution in [0.5, 0.6) is 0 Å². The van der Waals surface area contributed by atoms with Gasteiger partial charge in [0.2, 0.25) is 5.78 Å². The van der Waals surface area contributed by atoms with Crippen LogP contribution in [0, 0.1) is 0 Å². The molecule has 2 amide bonds. The Balaban J connectivity index is 2.03. The number of ether oxygens (including phenoxy) is 1. The van der Waals surface area contributed by atoms with Gasteiger partial charge < -0.3 is 15.4 Å². The van der Waals surface area contributed by atoms with E-state index in [0.29, 0.717) is 18.8 Å². The maximum absolute atomic E-state index is 12.4. The second kappa shape index (κ2) is 5.98. The number of morpholine rings is 1. The molecule has 7 heteroatoms. The van der Waals surface area contributed by atoms with Crippen LogP contribution in [-0.2, 0) is 4.74 Å². The number of benzene rings is 1. The Morgan fingerprint density at radius 3 is 2.59 bits per heavy atom. The summed E-state index contributed by atoms with van der Waals surface area (Å²) in [6.07, 6.45) is 1.69. The van der Waals surface area contributed by atoms with Crippen LogP contribution in [-0.4, -0.2) is 48.7 Å². The molecule has 0 aromatic heterocycles. The number of rotatable bonds is 2. The lowest BCUT2D eigenvalue weighted by Crippen LogP contribution is -2.37. The maximum atomic E-state index is 12.4. The third-order valence-electron chi connectivity index (χ3n) is 3.59. The van der Waals surface area contributed by atoms with Crippen LogP contribution < -0.4 is 11.2 Å². The minimum atomic E-state index is -0.805. The molecule has 1 aliphatic carbocycles. The van der Waals surface area contributed by atoms with Gasteiger partial charge in [-0.1, -0.05) is 24.3 Å². The zero-order valence-electron chi connectivity index (χ0n) is 11.9. The molecular weight excluding hydrogens is 284 g/mol. The van der Waals surface area contributed by atoms with E-state index in [9.17, 15) is 9.59 Å². The third-order valence-corrected chi connectivity index (χ3v) is 3.59. The number of primary amides is 1. The molecule has 1 aromatic carbocycles. The van der Waals surface area contributed by atoms with E-state index < -0.39 is 6.03 Å². The predicted octanol–water partition coefficient (Wildman–Crippen LogP) is 0.580. The number of ketones is 1. The first-order valence-corrected chi connectivity index (χ1v) is 6.98. The van der Waals surface area contributed by atoms with E-state index in [1.807, 2.05) is 12.1 Å². The summed E-state index contributed by atoms with van der Waals surface area (Å²) in [7, 11) is 0. The molecule has 0 unspecified atom stereocenters. The van der Waals surface area contributed by atoms with E-state index in [-0.39, 0.29) is 11.5 Å². The number of hydrazone groups is 1. The van der Waals surface area contributed by atoms with Gasteiger partial charge in [-0.05, 0) is 6.08 Å². The Morgan fingerprint density at radius 2 is 1.91 bits per heavy atom. The van der Waals surface area contributed by atoms with Gasteiger partial charge in [0, 0.05) is 29.9 Å². The number of urea groups is 1. The monoisotopic (exact) mass is 300 g/mol. The summed E-state index contributed by atoms with van der Waals surface area (Å²) in [6, 6.07) is 6.56. The third kappa shape index (κ3) is 2.71. The van der Waals surface area contributed by atoms with Gasteiger partial charge in [0.05, 0.1) is 13.2 Å². The zero-order valence-corrected chi connectivity index (χ0v) is 11.9. The van der Waals surface area contributed by atoms with Crippen molar-refractivity contribution in [1.82, 2.24) is 10.3 Å². The van der Waals surface area contributed by atoms with E-state index in [1.54, 1.807) is 18.2 Å². The number of fused-ring (bicyclic) bond motifs is 1. The number of allylic oxidation sites excluding steroid dienone is 1. The van der Waals surface area contributed by atoms with Gasteiger partial charge in [0.25, 0.3) is 0 Å². The number of hydrogen-bond acceptors (Lipinski definition) is 5. The number of carbonyl (C=O) groups is 2. The summed E-state index contributed by atoms with van der Waals surface area (Å²) in [4.78, 5) is 25.4. The van der Waals surface area contributed by atoms with Crippen molar-refractivity contribution in [3.8, 4) is 0 Å². The van der Waals surface area contributed by atoms with Crippen molar-refractivity contribution in [3.05, 3.63) is 41.5 Å². The maximum Gasteiger partial charge on any atom is 0.332 e. The van der Waals surface area contributed by atoms with Crippen LogP contribution in [0.3, 0.4) is 0 Å². The molecule has 1 heterocycles. The number of nitrogens with two attached hydrogens (primary N) is 1. The van der Waals surface area contributed by atoms with E-state index in [1.165, 1.54) is 0 Å². The topological polar surface area (TPSA) is 97.0 Å². The van der Waals surface area contributed by atoms with Gasteiger partial charge in [-0.3, -0.25) is 4.79 Å². The molecule has 0 spiro atoms. The minimum Gasteiger partial charge on any atom is -0.378 e. The molecule has 3 rings (SSSR count). The summed E-state index contributed by atoms with van der Waals surface area (Å²) < 4.78 is 5.37. The van der Waals surface area contributed by atoms with E-state index in [2.05, 4.69) is 15.4 Å². The standard InChI is InChI=1S/C15H16N4O3/c16-15(21)18-17-12-9-13(19-5-7-22-8-6-19)10-3-1-2-4-11(10)14(12)20/h1-4,9H,5-8H2,(H3,16,18,21). The lowest BCUT2D eigenvalue weighted by Gasteiger charge is -2.33. The Labute approximate surface area is 127 Å². The number of carbonyl (C=O) groups excluding carboxylic acids is 2.